The van der Waals surface area contributed by atoms with E-state index in [1.807, 2.05) is 6.07 Å². The Balaban J connectivity index is 3.07. The van der Waals surface area contributed by atoms with Gasteiger partial charge in [-0.1, -0.05) is 15.9 Å². The van der Waals surface area contributed by atoms with Gasteiger partial charge in [0.15, 0.2) is 11.5 Å². The van der Waals surface area contributed by atoms with Gasteiger partial charge in [0.25, 0.3) is 5.91 Å². The number of benzene rings is 1. The number of rotatable bonds is 7. The van der Waals surface area contributed by atoms with Gasteiger partial charge in [0.05, 0.1) is 20.8 Å². The molecule has 0 radical (unpaired) electrons. The third kappa shape index (κ3) is 4.76. The third-order valence-corrected chi connectivity index (χ3v) is 3.45. The fourth-order valence-electron chi connectivity index (χ4n) is 1.65. The van der Waals surface area contributed by atoms with Crippen molar-refractivity contribution in [2.75, 3.05) is 34.5 Å². The monoisotopic (exact) mass is 368 g/mol. The van der Waals surface area contributed by atoms with Crippen molar-refractivity contribution in [3.63, 3.8) is 0 Å². The molecule has 1 aromatic carbocycles. The zero-order chi connectivity index (χ0) is 16.5. The van der Waals surface area contributed by atoms with Gasteiger partial charge >= 0.3 is 0 Å². The van der Waals surface area contributed by atoms with Crippen LogP contribution in [0.4, 0.5) is 0 Å². The van der Waals surface area contributed by atoms with Crippen molar-refractivity contribution in [1.29, 1.82) is 5.26 Å². The van der Waals surface area contributed by atoms with Gasteiger partial charge < -0.3 is 19.5 Å². The lowest BCUT2D eigenvalue weighted by Gasteiger charge is -2.10. The van der Waals surface area contributed by atoms with E-state index >= 15 is 0 Å². The Bertz CT molecular complexity index is 608. The second kappa shape index (κ2) is 9.07. The number of ether oxygens (including phenoxy) is 3. The quantitative estimate of drug-likeness (QED) is 0.453. The highest BCUT2D eigenvalue weighted by Gasteiger charge is 2.12. The Labute approximate surface area is 137 Å². The van der Waals surface area contributed by atoms with Crippen LogP contribution in [0.3, 0.4) is 0 Å². The second-order valence-corrected chi connectivity index (χ2v) is 5.00. The van der Waals surface area contributed by atoms with Gasteiger partial charge in [-0.2, -0.15) is 5.26 Å². The summed E-state index contributed by atoms with van der Waals surface area (Å²) in [6.07, 6.45) is 1.48. The molecule has 0 atom stereocenters. The van der Waals surface area contributed by atoms with Gasteiger partial charge in [-0.25, -0.2) is 0 Å². The maximum absolute atomic E-state index is 11.9. The summed E-state index contributed by atoms with van der Waals surface area (Å²) in [7, 11) is 4.58. The zero-order valence-corrected chi connectivity index (χ0v) is 14.2. The summed E-state index contributed by atoms with van der Waals surface area (Å²) in [5, 5.41) is 11.8. The van der Waals surface area contributed by atoms with E-state index in [0.29, 0.717) is 34.7 Å². The zero-order valence-electron chi connectivity index (χ0n) is 12.6. The van der Waals surface area contributed by atoms with Crippen molar-refractivity contribution in [2.24, 2.45) is 0 Å². The summed E-state index contributed by atoms with van der Waals surface area (Å²) >= 11 is 3.38. The van der Waals surface area contributed by atoms with Crippen LogP contribution in [-0.4, -0.2) is 40.4 Å². The molecular weight excluding hydrogens is 352 g/mol. The standard InChI is InChI=1S/C15H17BrN2O4/c1-20-5-4-18-15(19)11(9-17)6-10-7-13(21-2)14(22-3)8-12(10)16/h6-8H,4-5H2,1-3H3,(H,18,19)/b11-6+. The summed E-state index contributed by atoms with van der Waals surface area (Å²) < 4.78 is 15.9. The molecular formula is C15H17BrN2O4. The van der Waals surface area contributed by atoms with Crippen LogP contribution in [0.2, 0.25) is 0 Å². The molecule has 1 N–H and O–H groups in total. The lowest BCUT2D eigenvalue weighted by molar-refractivity contribution is -0.117. The molecule has 0 aliphatic heterocycles. The largest absolute Gasteiger partial charge is 0.493 e. The molecule has 6 nitrogen and oxygen atoms in total. The van der Waals surface area contributed by atoms with Crippen molar-refractivity contribution in [1.82, 2.24) is 5.32 Å². The first kappa shape index (κ1) is 18.0. The summed E-state index contributed by atoms with van der Waals surface area (Å²) in [5.74, 6) is 0.602. The van der Waals surface area contributed by atoms with Crippen molar-refractivity contribution < 1.29 is 19.0 Å². The Morgan fingerprint density at radius 2 is 1.95 bits per heavy atom. The molecule has 0 saturated carbocycles. The summed E-state index contributed by atoms with van der Waals surface area (Å²) in [6, 6.07) is 5.28. The minimum atomic E-state index is -0.457. The fraction of sp³-hybridized carbons (Fsp3) is 0.333. The minimum Gasteiger partial charge on any atom is -0.493 e. The Hall–Kier alpha value is -2.04. The van der Waals surface area contributed by atoms with E-state index in [4.69, 9.17) is 19.5 Å². The number of nitrogens with zero attached hydrogens (tertiary/aromatic N) is 1. The molecule has 0 aromatic heterocycles. The normalized spacial score (nSPS) is 10.8. The molecule has 1 aromatic rings. The number of amides is 1. The summed E-state index contributed by atoms with van der Waals surface area (Å²) in [6.45, 7) is 0.714. The van der Waals surface area contributed by atoms with Crippen LogP contribution in [0.5, 0.6) is 11.5 Å². The molecule has 0 unspecified atom stereocenters. The van der Waals surface area contributed by atoms with Crippen LogP contribution in [0.1, 0.15) is 5.56 Å². The van der Waals surface area contributed by atoms with Gasteiger partial charge in [0, 0.05) is 18.1 Å². The molecule has 0 aliphatic rings. The maximum atomic E-state index is 11.9. The first-order valence-electron chi connectivity index (χ1n) is 6.37. The first-order chi connectivity index (χ1) is 10.6. The topological polar surface area (TPSA) is 80.6 Å². The summed E-state index contributed by atoms with van der Waals surface area (Å²) in [4.78, 5) is 11.9. The van der Waals surface area contributed by atoms with Crippen molar-refractivity contribution in [3.05, 3.63) is 27.7 Å². The molecule has 7 heteroatoms. The number of hydrogen-bond donors (Lipinski definition) is 1. The maximum Gasteiger partial charge on any atom is 0.262 e. The minimum absolute atomic E-state index is 0.0102. The Morgan fingerprint density at radius 1 is 1.32 bits per heavy atom. The molecule has 0 aliphatic carbocycles. The van der Waals surface area contributed by atoms with Crippen LogP contribution in [-0.2, 0) is 9.53 Å². The van der Waals surface area contributed by atoms with Crippen molar-refractivity contribution >= 4 is 27.9 Å². The number of carbonyl (C=O) groups is 1. The second-order valence-electron chi connectivity index (χ2n) is 4.15. The van der Waals surface area contributed by atoms with Crippen LogP contribution >= 0.6 is 15.9 Å². The van der Waals surface area contributed by atoms with Gasteiger partial charge in [-0.15, -0.1) is 0 Å². The summed E-state index contributed by atoms with van der Waals surface area (Å²) in [5.41, 5.74) is 0.625. The molecule has 0 saturated heterocycles. The van der Waals surface area contributed by atoms with E-state index in [1.54, 1.807) is 12.1 Å². The Kier molecular flexibility index (Phi) is 7.43. The molecule has 0 bridgehead atoms. The lowest BCUT2D eigenvalue weighted by atomic mass is 10.1. The lowest BCUT2D eigenvalue weighted by Crippen LogP contribution is -2.27. The van der Waals surface area contributed by atoms with E-state index in [-0.39, 0.29) is 5.57 Å². The van der Waals surface area contributed by atoms with E-state index < -0.39 is 5.91 Å². The van der Waals surface area contributed by atoms with E-state index in [1.165, 1.54) is 27.4 Å². The Morgan fingerprint density at radius 3 is 2.50 bits per heavy atom. The number of nitrogens with one attached hydrogen (secondary N) is 1. The van der Waals surface area contributed by atoms with E-state index in [0.717, 1.165) is 0 Å². The molecule has 0 fully saturated rings. The van der Waals surface area contributed by atoms with Crippen LogP contribution in [0, 0.1) is 11.3 Å². The van der Waals surface area contributed by atoms with Crippen LogP contribution < -0.4 is 14.8 Å². The SMILES string of the molecule is COCCNC(=O)/C(C#N)=C/c1cc(OC)c(OC)cc1Br. The van der Waals surface area contributed by atoms with E-state index in [2.05, 4.69) is 21.2 Å². The van der Waals surface area contributed by atoms with Crippen molar-refractivity contribution in [3.8, 4) is 17.6 Å². The molecule has 0 spiro atoms. The molecule has 0 heterocycles. The van der Waals surface area contributed by atoms with Crippen LogP contribution in [0.25, 0.3) is 6.08 Å². The van der Waals surface area contributed by atoms with Gasteiger partial charge in [0.1, 0.15) is 11.6 Å². The highest BCUT2D eigenvalue weighted by Crippen LogP contribution is 2.34. The van der Waals surface area contributed by atoms with Gasteiger partial charge in [0.2, 0.25) is 0 Å². The number of hydrogen-bond acceptors (Lipinski definition) is 5. The van der Waals surface area contributed by atoms with Gasteiger partial charge in [-0.05, 0) is 23.8 Å². The number of halogens is 1. The number of carbonyl (C=O) groups excluding carboxylic acids is 1. The van der Waals surface area contributed by atoms with E-state index in [9.17, 15) is 4.79 Å². The number of nitriles is 1. The molecule has 1 rings (SSSR count). The predicted octanol–water partition coefficient (Wildman–Crippen LogP) is 2.14. The molecule has 118 valence electrons. The smallest absolute Gasteiger partial charge is 0.262 e. The number of methoxy groups -OCH3 is 3. The average molecular weight is 369 g/mol. The predicted molar refractivity (Wildman–Crippen MR) is 85.7 cm³/mol. The van der Waals surface area contributed by atoms with Crippen LogP contribution in [0.15, 0.2) is 22.2 Å². The molecule has 22 heavy (non-hydrogen) atoms. The molecule has 1 amide bonds. The third-order valence-electron chi connectivity index (χ3n) is 2.76. The highest BCUT2D eigenvalue weighted by atomic mass is 79.9. The highest BCUT2D eigenvalue weighted by molar-refractivity contribution is 9.10. The van der Waals surface area contributed by atoms with Gasteiger partial charge in [-0.3, -0.25) is 4.79 Å². The first-order valence-corrected chi connectivity index (χ1v) is 7.17. The fourth-order valence-corrected chi connectivity index (χ4v) is 2.08. The average Bonchev–Trinajstić information content (AvgIpc) is 2.53. The van der Waals surface area contributed by atoms with Crippen molar-refractivity contribution in [2.45, 2.75) is 0 Å².